The van der Waals surface area contributed by atoms with E-state index in [0.29, 0.717) is 6.61 Å². The maximum absolute atomic E-state index is 10.7. The number of hydrogen-bond donors (Lipinski definition) is 0. The minimum atomic E-state index is -0.325. The summed E-state index contributed by atoms with van der Waals surface area (Å²) in [5.41, 5.74) is 0. The van der Waals surface area contributed by atoms with Crippen LogP contribution in [0.3, 0.4) is 0 Å². The summed E-state index contributed by atoms with van der Waals surface area (Å²) in [7, 11) is 4.41. The van der Waals surface area contributed by atoms with Gasteiger partial charge >= 0.3 is 5.97 Å². The van der Waals surface area contributed by atoms with Crippen LogP contribution < -0.4 is 0 Å². The first-order valence-corrected chi connectivity index (χ1v) is 5.13. The minimum Gasteiger partial charge on any atom is -0.463 e. The second kappa shape index (κ2) is 6.60. The summed E-state index contributed by atoms with van der Waals surface area (Å²) >= 11 is 0. The first-order valence-electron chi connectivity index (χ1n) is 5.13. The monoisotopic (exact) mass is 200 g/mol. The normalized spacial score (nSPS) is 11.1. The highest BCUT2D eigenvalue weighted by atomic mass is 16.5. The second-order valence-electron chi connectivity index (χ2n) is 4.05. The Morgan fingerprint density at radius 2 is 2.07 bits per heavy atom. The predicted molar refractivity (Wildman–Crippen MR) is 57.9 cm³/mol. The maximum atomic E-state index is 10.7. The molecule has 0 rings (SSSR count). The first kappa shape index (κ1) is 13.2. The number of rotatable bonds is 7. The van der Waals surface area contributed by atoms with E-state index in [1.807, 2.05) is 0 Å². The fraction of sp³-hybridized carbons (Fsp3) is 0.727. The minimum absolute atomic E-state index is 0.325. The van der Waals surface area contributed by atoms with Crippen LogP contribution in [-0.4, -0.2) is 44.2 Å². The molecular formula is C11H22NO2+. The molecule has 0 aliphatic rings. The molecule has 0 aliphatic heterocycles. The summed E-state index contributed by atoms with van der Waals surface area (Å²) in [4.78, 5) is 10.7. The van der Waals surface area contributed by atoms with Crippen LogP contribution in [0.4, 0.5) is 0 Å². The van der Waals surface area contributed by atoms with Crippen LogP contribution in [0.2, 0.25) is 0 Å². The topological polar surface area (TPSA) is 26.3 Å². The molecule has 0 saturated heterocycles. The van der Waals surface area contributed by atoms with Crippen LogP contribution in [0.15, 0.2) is 12.7 Å². The lowest BCUT2D eigenvalue weighted by Crippen LogP contribution is -2.40. The molecule has 0 aliphatic carbocycles. The molecule has 0 radical (unpaired) electrons. The molecule has 0 fully saturated rings. The Labute approximate surface area is 86.9 Å². The highest BCUT2D eigenvalue weighted by Crippen LogP contribution is 2.01. The number of carbonyl (C=O) groups is 1. The van der Waals surface area contributed by atoms with Crippen molar-refractivity contribution in [3.8, 4) is 0 Å². The van der Waals surface area contributed by atoms with Gasteiger partial charge in [0.1, 0.15) is 0 Å². The van der Waals surface area contributed by atoms with Crippen molar-refractivity contribution in [2.24, 2.45) is 0 Å². The van der Waals surface area contributed by atoms with Crippen molar-refractivity contribution in [1.29, 1.82) is 0 Å². The smallest absolute Gasteiger partial charge is 0.330 e. The molecule has 0 amide bonds. The Balaban J connectivity index is 3.38. The molecule has 0 aromatic heterocycles. The van der Waals surface area contributed by atoms with Crippen molar-refractivity contribution in [2.75, 3.05) is 33.8 Å². The van der Waals surface area contributed by atoms with Crippen LogP contribution in [0.25, 0.3) is 0 Å². The Morgan fingerprint density at radius 1 is 1.43 bits per heavy atom. The van der Waals surface area contributed by atoms with E-state index in [2.05, 4.69) is 27.6 Å². The third-order valence-electron chi connectivity index (χ3n) is 2.42. The third kappa shape index (κ3) is 6.66. The zero-order valence-corrected chi connectivity index (χ0v) is 9.58. The number of ether oxygens (including phenoxy) is 1. The molecule has 82 valence electrons. The third-order valence-corrected chi connectivity index (χ3v) is 2.42. The summed E-state index contributed by atoms with van der Waals surface area (Å²) in [5.74, 6) is -0.325. The van der Waals surface area contributed by atoms with Gasteiger partial charge in [-0.15, -0.1) is 0 Å². The summed E-state index contributed by atoms with van der Waals surface area (Å²) in [6.45, 7) is 8.28. The van der Waals surface area contributed by atoms with Crippen molar-refractivity contribution >= 4 is 5.97 Å². The van der Waals surface area contributed by atoms with E-state index in [-0.39, 0.29) is 5.97 Å². The molecule has 3 nitrogen and oxygen atoms in total. The zero-order valence-electron chi connectivity index (χ0n) is 9.58. The second-order valence-corrected chi connectivity index (χ2v) is 4.05. The first-order chi connectivity index (χ1) is 6.52. The Kier molecular flexibility index (Phi) is 6.21. The largest absolute Gasteiger partial charge is 0.463 e. The van der Waals surface area contributed by atoms with Crippen LogP contribution in [0, 0.1) is 0 Å². The molecule has 14 heavy (non-hydrogen) atoms. The van der Waals surface area contributed by atoms with Gasteiger partial charge in [0.15, 0.2) is 0 Å². The Morgan fingerprint density at radius 3 is 2.57 bits per heavy atom. The highest BCUT2D eigenvalue weighted by molar-refractivity contribution is 5.81. The Bertz CT molecular complexity index is 188. The summed E-state index contributed by atoms with van der Waals surface area (Å²) in [6, 6.07) is 0. The van der Waals surface area contributed by atoms with Crippen molar-refractivity contribution in [2.45, 2.75) is 19.8 Å². The van der Waals surface area contributed by atoms with Crippen molar-refractivity contribution in [3.05, 3.63) is 12.7 Å². The van der Waals surface area contributed by atoms with E-state index in [0.717, 1.165) is 30.4 Å². The molecule has 0 saturated carbocycles. The summed E-state index contributed by atoms with van der Waals surface area (Å²) in [5, 5.41) is 0. The van der Waals surface area contributed by atoms with E-state index in [4.69, 9.17) is 4.74 Å². The molecule has 0 heterocycles. The number of nitrogens with zero attached hydrogens (tertiary/aromatic N) is 1. The van der Waals surface area contributed by atoms with Crippen molar-refractivity contribution in [3.63, 3.8) is 0 Å². The van der Waals surface area contributed by atoms with Crippen LogP contribution in [-0.2, 0) is 9.53 Å². The van der Waals surface area contributed by atoms with Gasteiger partial charge in [-0.3, -0.25) is 0 Å². The van der Waals surface area contributed by atoms with Gasteiger partial charge < -0.3 is 9.22 Å². The SMILES string of the molecule is C=CC(=O)OCCCC[N+](C)(C)CC. The van der Waals surface area contributed by atoms with Crippen molar-refractivity contribution < 1.29 is 14.0 Å². The van der Waals surface area contributed by atoms with Gasteiger partial charge in [0.05, 0.1) is 33.8 Å². The van der Waals surface area contributed by atoms with Gasteiger partial charge in [-0.2, -0.15) is 0 Å². The van der Waals surface area contributed by atoms with Crippen LogP contribution in [0.5, 0.6) is 0 Å². The summed E-state index contributed by atoms with van der Waals surface area (Å²) in [6.07, 6.45) is 3.22. The standard InChI is InChI=1S/C11H22NO2/c1-5-11(13)14-10-8-7-9-12(3,4)6-2/h5H,1,6-10H2,2-4H3/q+1. The fourth-order valence-electron chi connectivity index (χ4n) is 1.03. The lowest BCUT2D eigenvalue weighted by Gasteiger charge is -2.27. The van der Waals surface area contributed by atoms with Crippen LogP contribution in [0.1, 0.15) is 19.8 Å². The lowest BCUT2D eigenvalue weighted by atomic mass is 10.3. The molecule has 0 N–H and O–H groups in total. The number of esters is 1. The fourth-order valence-corrected chi connectivity index (χ4v) is 1.03. The van der Waals surface area contributed by atoms with Gasteiger partial charge in [0.2, 0.25) is 0 Å². The predicted octanol–water partition coefficient (Wildman–Crippen LogP) is 1.59. The number of carbonyl (C=O) groups excluding carboxylic acids is 1. The van der Waals surface area contributed by atoms with Gasteiger partial charge in [0, 0.05) is 6.08 Å². The van der Waals surface area contributed by atoms with Gasteiger partial charge in [-0.05, 0) is 19.8 Å². The maximum Gasteiger partial charge on any atom is 0.330 e. The molecule has 0 aromatic rings. The molecule has 0 aromatic carbocycles. The molecule has 3 heteroatoms. The van der Waals surface area contributed by atoms with E-state index < -0.39 is 0 Å². The van der Waals surface area contributed by atoms with E-state index in [9.17, 15) is 4.79 Å². The zero-order chi connectivity index (χ0) is 11.0. The number of unbranched alkanes of at least 4 members (excludes halogenated alkanes) is 1. The average molecular weight is 200 g/mol. The molecule has 0 bridgehead atoms. The molecule has 0 atom stereocenters. The number of quaternary nitrogens is 1. The van der Waals surface area contributed by atoms with E-state index >= 15 is 0 Å². The van der Waals surface area contributed by atoms with Gasteiger partial charge in [0.25, 0.3) is 0 Å². The van der Waals surface area contributed by atoms with E-state index in [1.165, 1.54) is 6.08 Å². The van der Waals surface area contributed by atoms with E-state index in [1.54, 1.807) is 0 Å². The average Bonchev–Trinajstić information content (AvgIpc) is 2.17. The van der Waals surface area contributed by atoms with Crippen molar-refractivity contribution in [1.82, 2.24) is 0 Å². The molecule has 0 spiro atoms. The van der Waals surface area contributed by atoms with Crippen LogP contribution >= 0.6 is 0 Å². The quantitative estimate of drug-likeness (QED) is 0.270. The molecular weight excluding hydrogens is 178 g/mol. The Hall–Kier alpha value is -0.830. The lowest BCUT2D eigenvalue weighted by molar-refractivity contribution is -0.888. The number of hydrogen-bond acceptors (Lipinski definition) is 2. The molecule has 0 unspecified atom stereocenters. The summed E-state index contributed by atoms with van der Waals surface area (Å²) < 4.78 is 5.90. The highest BCUT2D eigenvalue weighted by Gasteiger charge is 2.10. The van der Waals surface area contributed by atoms with Gasteiger partial charge in [-0.1, -0.05) is 6.58 Å². The van der Waals surface area contributed by atoms with Gasteiger partial charge in [-0.25, -0.2) is 4.79 Å².